The summed E-state index contributed by atoms with van der Waals surface area (Å²) in [7, 11) is 0. The largest absolute Gasteiger partial charge is 0.423 e. The summed E-state index contributed by atoms with van der Waals surface area (Å²) >= 11 is 0. The van der Waals surface area contributed by atoms with Gasteiger partial charge >= 0.3 is 5.97 Å². The lowest BCUT2D eigenvalue weighted by atomic mass is 10.2. The molecule has 0 aliphatic carbocycles. The molecule has 3 heteroatoms. The lowest BCUT2D eigenvalue weighted by molar-refractivity contribution is 0.0734. The van der Waals surface area contributed by atoms with E-state index >= 15 is 0 Å². The molecular weight excluding hydrogens is 190 g/mol. The molecule has 0 saturated heterocycles. The van der Waals surface area contributed by atoms with Gasteiger partial charge in [-0.1, -0.05) is 18.2 Å². The van der Waals surface area contributed by atoms with Crippen LogP contribution in [-0.2, 0) is 0 Å². The van der Waals surface area contributed by atoms with Crippen molar-refractivity contribution in [1.82, 2.24) is 4.98 Å². The van der Waals surface area contributed by atoms with Crippen LogP contribution in [0.2, 0.25) is 0 Å². The number of pyridine rings is 1. The Hall–Kier alpha value is -2.16. The van der Waals surface area contributed by atoms with Crippen molar-refractivity contribution in [3.8, 4) is 5.75 Å². The summed E-state index contributed by atoms with van der Waals surface area (Å²) in [4.78, 5) is 15.3. The van der Waals surface area contributed by atoms with Crippen molar-refractivity contribution in [2.45, 2.75) is 0 Å². The Labute approximate surface area is 87.3 Å². The third kappa shape index (κ3) is 2.40. The monoisotopic (exact) mass is 198 g/mol. The number of rotatable bonds is 2. The topological polar surface area (TPSA) is 39.2 Å². The number of hydrogen-bond acceptors (Lipinski definition) is 3. The Morgan fingerprint density at radius 2 is 2.00 bits per heavy atom. The molecule has 15 heavy (non-hydrogen) atoms. The summed E-state index contributed by atoms with van der Waals surface area (Å²) in [5.74, 6) is 0.0639. The molecule has 0 bridgehead atoms. The zero-order chi connectivity index (χ0) is 10.5. The second-order valence-electron chi connectivity index (χ2n) is 2.88. The highest BCUT2D eigenvalue weighted by atomic mass is 16.5. The van der Waals surface area contributed by atoms with Gasteiger partial charge in [-0.2, -0.15) is 0 Å². The molecule has 1 aromatic heterocycles. The molecule has 1 aromatic carbocycles. The van der Waals surface area contributed by atoms with Gasteiger partial charge in [0.1, 0.15) is 5.75 Å². The molecule has 2 aromatic rings. The first-order chi connectivity index (χ1) is 7.36. The predicted octanol–water partition coefficient (Wildman–Crippen LogP) is 2.10. The Kier molecular flexibility index (Phi) is 2.74. The Morgan fingerprint density at radius 1 is 1.20 bits per heavy atom. The van der Waals surface area contributed by atoms with E-state index in [1.165, 1.54) is 12.3 Å². The van der Waals surface area contributed by atoms with Crippen LogP contribution in [0.1, 0.15) is 10.4 Å². The maximum atomic E-state index is 11.6. The van der Waals surface area contributed by atoms with Crippen LogP contribution in [0.25, 0.3) is 0 Å². The first-order valence-corrected chi connectivity index (χ1v) is 4.45. The van der Waals surface area contributed by atoms with Crippen LogP contribution in [0.15, 0.2) is 48.7 Å². The number of benzene rings is 1. The standard InChI is InChI=1S/C12H8NO2/c14-12(10-4-2-1-3-5-10)15-11-6-8-13-9-7-11/h1-8H. The van der Waals surface area contributed by atoms with Crippen LogP contribution < -0.4 is 4.74 Å². The van der Waals surface area contributed by atoms with Crippen molar-refractivity contribution in [2.75, 3.05) is 0 Å². The quantitative estimate of drug-likeness (QED) is 0.693. The fraction of sp³-hybridized carbons (Fsp3) is 0. The van der Waals surface area contributed by atoms with Crippen LogP contribution in [-0.4, -0.2) is 11.0 Å². The van der Waals surface area contributed by atoms with E-state index < -0.39 is 0 Å². The van der Waals surface area contributed by atoms with Gasteiger partial charge < -0.3 is 4.74 Å². The molecule has 0 amide bonds. The van der Waals surface area contributed by atoms with Gasteiger partial charge in [0.15, 0.2) is 0 Å². The molecule has 73 valence electrons. The highest BCUT2D eigenvalue weighted by Crippen LogP contribution is 2.09. The molecule has 1 radical (unpaired) electrons. The van der Waals surface area contributed by atoms with Crippen molar-refractivity contribution in [3.05, 3.63) is 60.4 Å². The molecule has 0 spiro atoms. The minimum absolute atomic E-state index is 0.379. The molecule has 2 rings (SSSR count). The zero-order valence-corrected chi connectivity index (χ0v) is 7.88. The van der Waals surface area contributed by atoms with E-state index in [-0.39, 0.29) is 5.97 Å². The van der Waals surface area contributed by atoms with Gasteiger partial charge in [0.25, 0.3) is 0 Å². The van der Waals surface area contributed by atoms with E-state index in [9.17, 15) is 4.79 Å². The fourth-order valence-electron chi connectivity index (χ4n) is 1.11. The summed E-state index contributed by atoms with van der Waals surface area (Å²) in [5.41, 5.74) is 0.523. The Balaban J connectivity index is 2.12. The highest BCUT2D eigenvalue weighted by molar-refractivity contribution is 5.90. The van der Waals surface area contributed by atoms with E-state index in [2.05, 4.69) is 11.2 Å². The number of carbonyl (C=O) groups excluding carboxylic acids is 1. The van der Waals surface area contributed by atoms with E-state index in [1.54, 1.807) is 30.3 Å². The lowest BCUT2D eigenvalue weighted by Crippen LogP contribution is -2.07. The summed E-state index contributed by atoms with van der Waals surface area (Å²) in [5, 5.41) is 0. The van der Waals surface area contributed by atoms with Crippen molar-refractivity contribution in [2.24, 2.45) is 0 Å². The molecule has 0 aliphatic heterocycles. The van der Waals surface area contributed by atoms with Gasteiger partial charge in [-0.3, -0.25) is 4.98 Å². The highest BCUT2D eigenvalue weighted by Gasteiger charge is 2.06. The number of nitrogens with zero attached hydrogens (tertiary/aromatic N) is 1. The molecule has 0 unspecified atom stereocenters. The molecular formula is C12H8NO2. The molecule has 0 aliphatic rings. The Morgan fingerprint density at radius 3 is 2.67 bits per heavy atom. The molecule has 0 atom stereocenters. The maximum Gasteiger partial charge on any atom is 0.343 e. The summed E-state index contributed by atoms with van der Waals surface area (Å²) in [6.07, 6.45) is 4.11. The minimum Gasteiger partial charge on any atom is -0.423 e. The average Bonchev–Trinajstić information content (AvgIpc) is 2.31. The maximum absolute atomic E-state index is 11.6. The fourth-order valence-corrected chi connectivity index (χ4v) is 1.11. The predicted molar refractivity (Wildman–Crippen MR) is 54.5 cm³/mol. The SMILES string of the molecule is O=C(Oc1c[c]ncc1)c1ccccc1. The second kappa shape index (κ2) is 4.37. The molecule has 0 saturated carbocycles. The number of ether oxygens (including phenoxy) is 1. The summed E-state index contributed by atoms with van der Waals surface area (Å²) in [6.45, 7) is 0. The van der Waals surface area contributed by atoms with Gasteiger partial charge in [-0.15, -0.1) is 0 Å². The summed E-state index contributed by atoms with van der Waals surface area (Å²) in [6, 6.07) is 11.9. The van der Waals surface area contributed by atoms with E-state index in [0.29, 0.717) is 11.3 Å². The van der Waals surface area contributed by atoms with Crippen molar-refractivity contribution in [3.63, 3.8) is 0 Å². The number of hydrogen-bond donors (Lipinski definition) is 0. The molecule has 0 fully saturated rings. The zero-order valence-electron chi connectivity index (χ0n) is 7.88. The smallest absolute Gasteiger partial charge is 0.343 e. The summed E-state index contributed by atoms with van der Waals surface area (Å²) < 4.78 is 5.09. The van der Waals surface area contributed by atoms with Gasteiger partial charge in [0.2, 0.25) is 0 Å². The minimum atomic E-state index is -0.379. The number of esters is 1. The van der Waals surface area contributed by atoms with Crippen LogP contribution in [0.5, 0.6) is 5.75 Å². The van der Waals surface area contributed by atoms with Crippen LogP contribution >= 0.6 is 0 Å². The Bertz CT molecular complexity index is 440. The first-order valence-electron chi connectivity index (χ1n) is 4.45. The van der Waals surface area contributed by atoms with Gasteiger partial charge in [-0.05, 0) is 18.2 Å². The number of aromatic nitrogens is 1. The van der Waals surface area contributed by atoms with Crippen molar-refractivity contribution < 1.29 is 9.53 Å². The van der Waals surface area contributed by atoms with Gasteiger partial charge in [0.05, 0.1) is 11.8 Å². The van der Waals surface area contributed by atoms with Crippen LogP contribution in [0.4, 0.5) is 0 Å². The van der Waals surface area contributed by atoms with E-state index in [0.717, 1.165) is 0 Å². The third-order valence-electron chi connectivity index (χ3n) is 1.81. The van der Waals surface area contributed by atoms with Crippen LogP contribution in [0.3, 0.4) is 0 Å². The third-order valence-corrected chi connectivity index (χ3v) is 1.81. The normalized spacial score (nSPS) is 9.60. The van der Waals surface area contributed by atoms with Gasteiger partial charge in [-0.25, -0.2) is 4.79 Å². The average molecular weight is 198 g/mol. The van der Waals surface area contributed by atoms with Crippen molar-refractivity contribution in [1.29, 1.82) is 0 Å². The van der Waals surface area contributed by atoms with E-state index in [4.69, 9.17) is 4.74 Å². The number of carbonyl (C=O) groups is 1. The molecule has 1 heterocycles. The second-order valence-corrected chi connectivity index (χ2v) is 2.88. The molecule has 0 N–H and O–H groups in total. The van der Waals surface area contributed by atoms with Crippen LogP contribution in [0, 0.1) is 6.20 Å². The lowest BCUT2D eigenvalue weighted by Gasteiger charge is -2.02. The van der Waals surface area contributed by atoms with E-state index in [1.807, 2.05) is 6.07 Å². The van der Waals surface area contributed by atoms with Crippen molar-refractivity contribution >= 4 is 5.97 Å². The first kappa shape index (κ1) is 9.40. The molecule has 3 nitrogen and oxygen atoms in total. The van der Waals surface area contributed by atoms with Gasteiger partial charge in [0, 0.05) is 12.3 Å².